The largest absolute Gasteiger partial charge is 0.381 e. The molecule has 0 amide bonds. The van der Waals surface area contributed by atoms with Crippen molar-refractivity contribution in [3.63, 3.8) is 0 Å². The third-order valence-electron chi connectivity index (χ3n) is 1.66. The number of nitrogens with zero attached hydrogens (tertiary/aromatic N) is 1. The van der Waals surface area contributed by atoms with E-state index in [9.17, 15) is 4.79 Å². The van der Waals surface area contributed by atoms with Gasteiger partial charge in [0.05, 0.1) is 0 Å². The molecule has 13 heavy (non-hydrogen) atoms. The number of hydrogen-bond acceptors (Lipinski definition) is 3. The summed E-state index contributed by atoms with van der Waals surface area (Å²) < 4.78 is 5.07. The van der Waals surface area contributed by atoms with Crippen LogP contribution in [0.15, 0.2) is 23.3 Å². The molecular formula is C9H14N2O2. The van der Waals surface area contributed by atoms with E-state index < -0.39 is 0 Å². The fraction of sp³-hybridized carbons (Fsp3) is 0.556. The molecule has 4 nitrogen and oxygen atoms in total. The normalized spacial score (nSPS) is 15.7. The van der Waals surface area contributed by atoms with Crippen LogP contribution in [0.1, 0.15) is 19.3 Å². The number of nitrogens with one attached hydrogen (secondary N) is 1. The van der Waals surface area contributed by atoms with Gasteiger partial charge in [-0.05, 0) is 25.3 Å². The fourth-order valence-electron chi connectivity index (χ4n) is 0.998. The molecular weight excluding hydrogens is 168 g/mol. The van der Waals surface area contributed by atoms with Crippen LogP contribution >= 0.6 is 0 Å². The van der Waals surface area contributed by atoms with Gasteiger partial charge in [-0.3, -0.25) is 0 Å². The topological polar surface area (TPSA) is 55.0 Å². The van der Waals surface area contributed by atoms with Gasteiger partial charge in [0.1, 0.15) is 0 Å². The van der Waals surface area contributed by atoms with Gasteiger partial charge in [0.15, 0.2) is 0 Å². The molecule has 0 saturated carbocycles. The zero-order valence-corrected chi connectivity index (χ0v) is 7.53. The molecule has 1 aromatic heterocycles. The van der Waals surface area contributed by atoms with E-state index in [0.29, 0.717) is 0 Å². The second kappa shape index (κ2) is 6.37. The van der Waals surface area contributed by atoms with Crippen LogP contribution in [0.25, 0.3) is 0 Å². The maximum atomic E-state index is 10.1. The summed E-state index contributed by atoms with van der Waals surface area (Å²) in [6.45, 7) is 2.00. The molecule has 1 aliphatic heterocycles. The Bertz CT molecular complexity index is 239. The molecule has 0 aliphatic carbocycles. The maximum absolute atomic E-state index is 10.1. The summed E-state index contributed by atoms with van der Waals surface area (Å²) in [5.74, 6) is 0. The lowest BCUT2D eigenvalue weighted by Crippen LogP contribution is -2.05. The van der Waals surface area contributed by atoms with Gasteiger partial charge in [-0.25, -0.2) is 9.78 Å². The number of rotatable bonds is 0. The standard InChI is InChI=1S/C5H10O.C4H4N2O/c1-2-4-6-5-3-1;7-4-5-2-1-3-6-4/h1-5H2;1-3H,(H,5,6,7). The van der Waals surface area contributed by atoms with E-state index in [2.05, 4.69) is 9.97 Å². The number of aromatic nitrogens is 2. The lowest BCUT2D eigenvalue weighted by molar-refractivity contribution is 0.0968. The first-order chi connectivity index (χ1) is 6.39. The molecule has 0 unspecified atom stereocenters. The predicted molar refractivity (Wildman–Crippen MR) is 49.5 cm³/mol. The maximum Gasteiger partial charge on any atom is 0.344 e. The zero-order chi connectivity index (χ0) is 9.36. The highest BCUT2D eigenvalue weighted by atomic mass is 16.5. The van der Waals surface area contributed by atoms with Gasteiger partial charge in [0, 0.05) is 25.6 Å². The summed E-state index contributed by atoms with van der Waals surface area (Å²) in [6, 6.07) is 1.65. The van der Waals surface area contributed by atoms with Gasteiger partial charge in [0.25, 0.3) is 0 Å². The monoisotopic (exact) mass is 182 g/mol. The van der Waals surface area contributed by atoms with Gasteiger partial charge in [0.2, 0.25) is 0 Å². The van der Waals surface area contributed by atoms with Crippen molar-refractivity contribution in [2.75, 3.05) is 13.2 Å². The number of ether oxygens (including phenoxy) is 1. The molecule has 0 aromatic carbocycles. The lowest BCUT2D eigenvalue weighted by Gasteiger charge is -2.08. The molecule has 0 radical (unpaired) electrons. The molecule has 1 fully saturated rings. The Balaban J connectivity index is 0.000000132. The molecule has 72 valence electrons. The molecule has 0 spiro atoms. The van der Waals surface area contributed by atoms with E-state index in [-0.39, 0.29) is 5.69 Å². The molecule has 1 N–H and O–H groups in total. The Kier molecular flexibility index (Phi) is 4.86. The summed E-state index contributed by atoms with van der Waals surface area (Å²) in [5.41, 5.74) is -0.303. The first-order valence-corrected chi connectivity index (χ1v) is 4.47. The van der Waals surface area contributed by atoms with Crippen LogP contribution in [0.3, 0.4) is 0 Å². The summed E-state index contributed by atoms with van der Waals surface area (Å²) >= 11 is 0. The van der Waals surface area contributed by atoms with Crippen molar-refractivity contribution in [3.8, 4) is 0 Å². The first kappa shape index (κ1) is 9.92. The Morgan fingerprint density at radius 2 is 2.08 bits per heavy atom. The van der Waals surface area contributed by atoms with Crippen LogP contribution in [0.5, 0.6) is 0 Å². The van der Waals surface area contributed by atoms with Crippen molar-refractivity contribution >= 4 is 0 Å². The Morgan fingerprint density at radius 1 is 1.31 bits per heavy atom. The summed E-state index contributed by atoms with van der Waals surface area (Å²) in [5, 5.41) is 0. The lowest BCUT2D eigenvalue weighted by atomic mass is 10.2. The fourth-order valence-corrected chi connectivity index (χ4v) is 0.998. The van der Waals surface area contributed by atoms with Crippen LogP contribution in [0, 0.1) is 0 Å². The Hall–Kier alpha value is -1.16. The molecule has 2 rings (SSSR count). The average Bonchev–Trinajstić information content (AvgIpc) is 2.22. The highest BCUT2D eigenvalue weighted by molar-refractivity contribution is 4.75. The van der Waals surface area contributed by atoms with Crippen molar-refractivity contribution in [1.82, 2.24) is 9.97 Å². The van der Waals surface area contributed by atoms with Crippen LogP contribution in [-0.4, -0.2) is 23.2 Å². The van der Waals surface area contributed by atoms with E-state index in [0.717, 1.165) is 13.2 Å². The number of hydrogen-bond donors (Lipinski definition) is 1. The first-order valence-electron chi connectivity index (χ1n) is 4.47. The van der Waals surface area contributed by atoms with Crippen molar-refractivity contribution in [3.05, 3.63) is 28.9 Å². The van der Waals surface area contributed by atoms with Crippen LogP contribution in [-0.2, 0) is 4.74 Å². The molecule has 4 heteroatoms. The van der Waals surface area contributed by atoms with Crippen LogP contribution < -0.4 is 5.69 Å². The predicted octanol–water partition coefficient (Wildman–Crippen LogP) is 0.957. The second-order valence-corrected chi connectivity index (χ2v) is 2.76. The van der Waals surface area contributed by atoms with Crippen molar-refractivity contribution in [2.24, 2.45) is 0 Å². The Morgan fingerprint density at radius 3 is 2.31 bits per heavy atom. The molecule has 1 aliphatic rings. The molecule has 1 saturated heterocycles. The third kappa shape index (κ3) is 5.14. The van der Waals surface area contributed by atoms with E-state index >= 15 is 0 Å². The van der Waals surface area contributed by atoms with Crippen LogP contribution in [0.4, 0.5) is 0 Å². The minimum atomic E-state index is -0.303. The van der Waals surface area contributed by atoms with E-state index in [1.54, 1.807) is 6.07 Å². The smallest absolute Gasteiger partial charge is 0.344 e. The summed E-state index contributed by atoms with van der Waals surface area (Å²) in [7, 11) is 0. The highest BCUT2D eigenvalue weighted by Crippen LogP contribution is 2.02. The molecule has 0 bridgehead atoms. The molecule has 2 heterocycles. The average molecular weight is 182 g/mol. The van der Waals surface area contributed by atoms with Crippen LogP contribution in [0.2, 0.25) is 0 Å². The Labute approximate surface area is 77.0 Å². The second-order valence-electron chi connectivity index (χ2n) is 2.76. The minimum Gasteiger partial charge on any atom is -0.381 e. The highest BCUT2D eigenvalue weighted by Gasteiger charge is 1.94. The number of H-pyrrole nitrogens is 1. The van der Waals surface area contributed by atoms with Gasteiger partial charge < -0.3 is 9.72 Å². The minimum absolute atomic E-state index is 0.303. The van der Waals surface area contributed by atoms with Crippen molar-refractivity contribution < 1.29 is 4.74 Å². The van der Waals surface area contributed by atoms with Gasteiger partial charge >= 0.3 is 5.69 Å². The van der Waals surface area contributed by atoms with Gasteiger partial charge in [-0.1, -0.05) is 0 Å². The van der Waals surface area contributed by atoms with E-state index in [1.807, 2.05) is 0 Å². The van der Waals surface area contributed by atoms with Crippen molar-refractivity contribution in [2.45, 2.75) is 19.3 Å². The SMILES string of the molecule is C1CCOCC1.O=c1nccc[nH]1. The van der Waals surface area contributed by atoms with E-state index in [1.165, 1.54) is 31.7 Å². The molecule has 0 atom stereocenters. The summed E-state index contributed by atoms with van der Waals surface area (Å²) in [6.07, 6.45) is 6.91. The van der Waals surface area contributed by atoms with Crippen molar-refractivity contribution in [1.29, 1.82) is 0 Å². The van der Waals surface area contributed by atoms with Gasteiger partial charge in [-0.15, -0.1) is 0 Å². The van der Waals surface area contributed by atoms with E-state index in [4.69, 9.17) is 4.74 Å². The quantitative estimate of drug-likeness (QED) is 0.650. The number of aromatic amines is 1. The third-order valence-corrected chi connectivity index (χ3v) is 1.66. The zero-order valence-electron chi connectivity index (χ0n) is 7.53. The van der Waals surface area contributed by atoms with Gasteiger partial charge in [-0.2, -0.15) is 0 Å². The molecule has 1 aromatic rings. The summed E-state index contributed by atoms with van der Waals surface area (Å²) in [4.78, 5) is 15.8.